The number of nitrogens with two attached hydrogens (primary N) is 1. The zero-order chi connectivity index (χ0) is 14.7. The number of benzene rings is 1. The molecule has 2 aromatic rings. The topological polar surface area (TPSA) is 80.0 Å². The average molecular weight is 332 g/mol. The molecule has 0 aliphatic rings. The van der Waals surface area contributed by atoms with Crippen LogP contribution in [0.2, 0.25) is 15.1 Å². The van der Waals surface area contributed by atoms with Gasteiger partial charge in [0.25, 0.3) is 5.91 Å². The quantitative estimate of drug-likeness (QED) is 0.593. The maximum absolute atomic E-state index is 12.1. The molecule has 0 saturated heterocycles. The maximum Gasteiger partial charge on any atom is 0.257 e. The first-order valence-electron chi connectivity index (χ1n) is 5.40. The lowest BCUT2D eigenvalue weighted by molar-refractivity contribution is 0.102. The van der Waals surface area contributed by atoms with E-state index in [1.165, 1.54) is 18.3 Å². The number of nitrogen functional groups attached to an aromatic ring is 1. The highest BCUT2D eigenvalue weighted by Gasteiger charge is 2.11. The third-order valence-corrected chi connectivity index (χ3v) is 3.26. The molecule has 20 heavy (non-hydrogen) atoms. The van der Waals surface area contributed by atoms with Gasteiger partial charge in [0, 0.05) is 11.2 Å². The first-order chi connectivity index (χ1) is 9.51. The van der Waals surface area contributed by atoms with E-state index in [2.05, 4.69) is 15.7 Å². The van der Waals surface area contributed by atoms with Crippen LogP contribution in [-0.4, -0.2) is 10.9 Å². The molecule has 0 saturated carbocycles. The SMILES string of the molecule is NNc1ncc(C(=O)Nc2ccc(Cl)cc2Cl)cc1Cl. The first kappa shape index (κ1) is 14.9. The van der Waals surface area contributed by atoms with Gasteiger partial charge in [-0.15, -0.1) is 0 Å². The number of hydrogen-bond donors (Lipinski definition) is 3. The van der Waals surface area contributed by atoms with E-state index >= 15 is 0 Å². The van der Waals surface area contributed by atoms with Crippen molar-refractivity contribution in [2.75, 3.05) is 10.7 Å². The molecular weight excluding hydrogens is 323 g/mol. The van der Waals surface area contributed by atoms with Crippen LogP contribution in [-0.2, 0) is 0 Å². The lowest BCUT2D eigenvalue weighted by Crippen LogP contribution is -2.14. The Labute approximate surface area is 130 Å². The van der Waals surface area contributed by atoms with Crippen LogP contribution in [0.25, 0.3) is 0 Å². The summed E-state index contributed by atoms with van der Waals surface area (Å²) in [5.74, 6) is 5.10. The fourth-order valence-electron chi connectivity index (χ4n) is 1.45. The molecule has 5 nitrogen and oxygen atoms in total. The van der Waals surface area contributed by atoms with Crippen LogP contribution in [0, 0.1) is 0 Å². The zero-order valence-corrected chi connectivity index (χ0v) is 12.2. The van der Waals surface area contributed by atoms with Crippen LogP contribution in [0.3, 0.4) is 0 Å². The Bertz CT molecular complexity index is 663. The maximum atomic E-state index is 12.1. The molecule has 1 aromatic carbocycles. The number of nitrogens with zero attached hydrogens (tertiary/aromatic N) is 1. The van der Waals surface area contributed by atoms with Gasteiger partial charge < -0.3 is 10.7 Å². The van der Waals surface area contributed by atoms with Gasteiger partial charge in [0.2, 0.25) is 0 Å². The van der Waals surface area contributed by atoms with E-state index in [0.717, 1.165) is 0 Å². The number of rotatable bonds is 3. The summed E-state index contributed by atoms with van der Waals surface area (Å²) in [6, 6.07) is 6.21. The first-order valence-corrected chi connectivity index (χ1v) is 6.53. The van der Waals surface area contributed by atoms with Gasteiger partial charge >= 0.3 is 0 Å². The lowest BCUT2D eigenvalue weighted by atomic mass is 10.2. The molecule has 104 valence electrons. The second kappa shape index (κ2) is 6.28. The van der Waals surface area contributed by atoms with Gasteiger partial charge in [-0.3, -0.25) is 4.79 Å². The molecule has 0 spiro atoms. The molecule has 0 fully saturated rings. The number of halogens is 3. The van der Waals surface area contributed by atoms with Crippen molar-refractivity contribution in [1.82, 2.24) is 4.98 Å². The summed E-state index contributed by atoms with van der Waals surface area (Å²) in [4.78, 5) is 16.0. The van der Waals surface area contributed by atoms with E-state index in [-0.39, 0.29) is 16.4 Å². The predicted octanol–water partition coefficient (Wildman–Crippen LogP) is 3.58. The third-order valence-electron chi connectivity index (χ3n) is 2.42. The standard InChI is InChI=1S/C12H9Cl3N4O/c13-7-1-2-10(8(14)4-7)18-12(20)6-3-9(15)11(19-16)17-5-6/h1-5H,16H2,(H,17,19)(H,18,20). The van der Waals surface area contributed by atoms with Crippen molar-refractivity contribution >= 4 is 52.2 Å². The predicted molar refractivity (Wildman–Crippen MR) is 81.5 cm³/mol. The van der Waals surface area contributed by atoms with Gasteiger partial charge in [0.1, 0.15) is 0 Å². The Morgan fingerprint density at radius 3 is 2.50 bits per heavy atom. The molecule has 0 atom stereocenters. The van der Waals surface area contributed by atoms with Crippen molar-refractivity contribution in [3.8, 4) is 0 Å². The van der Waals surface area contributed by atoms with Gasteiger partial charge in [0.15, 0.2) is 5.82 Å². The summed E-state index contributed by atoms with van der Waals surface area (Å²) in [6.45, 7) is 0. The number of anilines is 2. The Hall–Kier alpha value is -1.53. The Morgan fingerprint density at radius 1 is 1.15 bits per heavy atom. The van der Waals surface area contributed by atoms with Crippen LogP contribution < -0.4 is 16.6 Å². The van der Waals surface area contributed by atoms with Gasteiger partial charge in [-0.2, -0.15) is 0 Å². The molecular formula is C12H9Cl3N4O. The van der Waals surface area contributed by atoms with Gasteiger partial charge in [-0.25, -0.2) is 10.8 Å². The summed E-state index contributed by atoms with van der Waals surface area (Å²) in [6.07, 6.45) is 1.35. The van der Waals surface area contributed by atoms with Gasteiger partial charge in [0.05, 0.1) is 21.3 Å². The van der Waals surface area contributed by atoms with E-state index in [0.29, 0.717) is 15.7 Å². The molecule has 0 bridgehead atoms. The molecule has 0 aliphatic carbocycles. The minimum absolute atomic E-state index is 0.238. The molecule has 0 radical (unpaired) electrons. The van der Waals surface area contributed by atoms with Crippen LogP contribution >= 0.6 is 34.8 Å². The molecule has 2 rings (SSSR count). The van der Waals surface area contributed by atoms with Crippen molar-refractivity contribution < 1.29 is 4.79 Å². The molecule has 0 aliphatic heterocycles. The number of carbonyl (C=O) groups is 1. The summed E-state index contributed by atoms with van der Waals surface area (Å²) < 4.78 is 0. The van der Waals surface area contributed by atoms with Gasteiger partial charge in [-0.05, 0) is 24.3 Å². The monoisotopic (exact) mass is 330 g/mol. The van der Waals surface area contributed by atoms with E-state index in [4.69, 9.17) is 40.6 Å². The minimum Gasteiger partial charge on any atom is -0.321 e. The number of hydrazine groups is 1. The number of pyridine rings is 1. The summed E-state index contributed by atoms with van der Waals surface area (Å²) >= 11 is 17.7. The number of nitrogens with one attached hydrogen (secondary N) is 2. The largest absolute Gasteiger partial charge is 0.321 e. The molecule has 0 unspecified atom stereocenters. The summed E-state index contributed by atoms with van der Waals surface area (Å²) in [5, 5.41) is 3.70. The van der Waals surface area contributed by atoms with Gasteiger partial charge in [-0.1, -0.05) is 34.8 Å². The lowest BCUT2D eigenvalue weighted by Gasteiger charge is -2.08. The van der Waals surface area contributed by atoms with Crippen molar-refractivity contribution in [2.24, 2.45) is 5.84 Å². The summed E-state index contributed by atoms with van der Waals surface area (Å²) in [7, 11) is 0. The molecule has 1 amide bonds. The van der Waals surface area contributed by atoms with Crippen LogP contribution in [0.4, 0.5) is 11.5 Å². The second-order valence-electron chi connectivity index (χ2n) is 3.78. The highest BCUT2D eigenvalue weighted by Crippen LogP contribution is 2.26. The third kappa shape index (κ3) is 3.32. The molecule has 1 aromatic heterocycles. The number of amides is 1. The van der Waals surface area contributed by atoms with Crippen LogP contribution in [0.1, 0.15) is 10.4 Å². The van der Waals surface area contributed by atoms with E-state index in [1.807, 2.05) is 0 Å². The van der Waals surface area contributed by atoms with Crippen molar-refractivity contribution in [3.63, 3.8) is 0 Å². The number of hydrogen-bond acceptors (Lipinski definition) is 4. The van der Waals surface area contributed by atoms with E-state index < -0.39 is 5.91 Å². The Morgan fingerprint density at radius 2 is 1.90 bits per heavy atom. The number of aromatic nitrogens is 1. The number of carbonyl (C=O) groups excluding carboxylic acids is 1. The van der Waals surface area contributed by atoms with Crippen LogP contribution in [0.15, 0.2) is 30.5 Å². The minimum atomic E-state index is -0.396. The smallest absolute Gasteiger partial charge is 0.257 e. The molecule has 8 heteroatoms. The molecule has 4 N–H and O–H groups in total. The fourth-order valence-corrected chi connectivity index (χ4v) is 2.13. The highest BCUT2D eigenvalue weighted by molar-refractivity contribution is 6.37. The molecule has 1 heterocycles. The summed E-state index contributed by atoms with van der Waals surface area (Å²) in [5.41, 5.74) is 3.04. The van der Waals surface area contributed by atoms with Crippen molar-refractivity contribution in [2.45, 2.75) is 0 Å². The van der Waals surface area contributed by atoms with E-state index in [1.54, 1.807) is 12.1 Å². The van der Waals surface area contributed by atoms with E-state index in [9.17, 15) is 4.79 Å². The van der Waals surface area contributed by atoms with Crippen LogP contribution in [0.5, 0.6) is 0 Å². The fraction of sp³-hybridized carbons (Fsp3) is 0. The van der Waals surface area contributed by atoms with Crippen molar-refractivity contribution in [3.05, 3.63) is 51.1 Å². The second-order valence-corrected chi connectivity index (χ2v) is 5.03. The van der Waals surface area contributed by atoms with Crippen molar-refractivity contribution in [1.29, 1.82) is 0 Å². The average Bonchev–Trinajstić information content (AvgIpc) is 2.41. The Kier molecular flexibility index (Phi) is 4.67. The Balaban J connectivity index is 2.21. The highest BCUT2D eigenvalue weighted by atomic mass is 35.5. The normalized spacial score (nSPS) is 10.2. The zero-order valence-electron chi connectivity index (χ0n) is 9.95.